The van der Waals surface area contributed by atoms with Crippen LogP contribution in [0.5, 0.6) is 0 Å². The molecule has 3 nitrogen and oxygen atoms in total. The maximum Gasteiger partial charge on any atom is 0.255 e. The fourth-order valence-corrected chi connectivity index (χ4v) is 2.13. The average Bonchev–Trinajstić information content (AvgIpc) is 2.72. The van der Waals surface area contributed by atoms with E-state index in [2.05, 4.69) is 9.97 Å². The van der Waals surface area contributed by atoms with E-state index in [1.54, 1.807) is 18.3 Å². The third-order valence-corrected chi connectivity index (χ3v) is 3.05. The number of rotatable bonds is 3. The summed E-state index contributed by atoms with van der Waals surface area (Å²) in [5, 5.41) is 1.62. The standard InChI is InChI=1S/C9H6Cl2N2OS/c10-6-1-2-8(11)13-7(6)5-15-9-12-3-4-14-9/h1-4H,5H2. The molecule has 0 spiro atoms. The zero-order valence-corrected chi connectivity index (χ0v) is 9.81. The smallest absolute Gasteiger partial charge is 0.255 e. The fourth-order valence-electron chi connectivity index (χ4n) is 0.971. The SMILES string of the molecule is Clc1ccc(Cl)c(CSc2ncco2)n1. The van der Waals surface area contributed by atoms with Gasteiger partial charge in [0, 0.05) is 5.75 Å². The van der Waals surface area contributed by atoms with Gasteiger partial charge in [0.25, 0.3) is 5.22 Å². The van der Waals surface area contributed by atoms with Gasteiger partial charge < -0.3 is 4.42 Å². The van der Waals surface area contributed by atoms with Gasteiger partial charge in [-0.2, -0.15) is 0 Å². The van der Waals surface area contributed by atoms with Gasteiger partial charge in [-0.15, -0.1) is 0 Å². The molecule has 2 aromatic heterocycles. The molecule has 0 atom stereocenters. The van der Waals surface area contributed by atoms with Crippen LogP contribution in [0.15, 0.2) is 34.2 Å². The quantitative estimate of drug-likeness (QED) is 0.624. The summed E-state index contributed by atoms with van der Waals surface area (Å²) in [7, 11) is 0. The van der Waals surface area contributed by atoms with Crippen molar-refractivity contribution in [3.63, 3.8) is 0 Å². The first-order valence-electron chi connectivity index (χ1n) is 4.09. The van der Waals surface area contributed by atoms with Crippen LogP contribution in [-0.2, 0) is 5.75 Å². The average molecular weight is 261 g/mol. The van der Waals surface area contributed by atoms with Gasteiger partial charge in [0.15, 0.2) is 0 Å². The molecule has 0 aliphatic rings. The second kappa shape index (κ2) is 4.88. The molecule has 2 aromatic rings. The minimum Gasteiger partial charge on any atom is -0.440 e. The number of halogens is 2. The highest BCUT2D eigenvalue weighted by molar-refractivity contribution is 7.98. The summed E-state index contributed by atoms with van der Waals surface area (Å²) in [4.78, 5) is 8.09. The van der Waals surface area contributed by atoms with Crippen molar-refractivity contribution in [2.24, 2.45) is 0 Å². The van der Waals surface area contributed by atoms with Crippen LogP contribution < -0.4 is 0 Å². The van der Waals surface area contributed by atoms with Crippen molar-refractivity contribution in [2.45, 2.75) is 11.0 Å². The molecule has 0 fully saturated rings. The lowest BCUT2D eigenvalue weighted by Crippen LogP contribution is -1.88. The van der Waals surface area contributed by atoms with Gasteiger partial charge in [-0.05, 0) is 12.1 Å². The highest BCUT2D eigenvalue weighted by Crippen LogP contribution is 2.25. The van der Waals surface area contributed by atoms with Crippen molar-refractivity contribution in [2.75, 3.05) is 0 Å². The van der Waals surface area contributed by atoms with E-state index in [-0.39, 0.29) is 0 Å². The van der Waals surface area contributed by atoms with Gasteiger partial charge in [0.05, 0.1) is 16.9 Å². The molecule has 2 rings (SSSR count). The molecular formula is C9H6Cl2N2OS. The minimum absolute atomic E-state index is 0.433. The van der Waals surface area contributed by atoms with Crippen molar-refractivity contribution in [3.8, 4) is 0 Å². The number of oxazole rings is 1. The molecule has 0 aliphatic heterocycles. The number of thioether (sulfide) groups is 1. The summed E-state index contributed by atoms with van der Waals surface area (Å²) in [5.74, 6) is 0.583. The highest BCUT2D eigenvalue weighted by Gasteiger charge is 2.06. The van der Waals surface area contributed by atoms with E-state index >= 15 is 0 Å². The zero-order valence-electron chi connectivity index (χ0n) is 7.48. The Hall–Kier alpha value is -0.710. The van der Waals surface area contributed by atoms with Crippen molar-refractivity contribution >= 4 is 35.0 Å². The molecule has 78 valence electrons. The van der Waals surface area contributed by atoms with E-state index < -0.39 is 0 Å². The van der Waals surface area contributed by atoms with E-state index in [0.29, 0.717) is 21.2 Å². The van der Waals surface area contributed by atoms with Crippen LogP contribution in [0.4, 0.5) is 0 Å². The summed E-state index contributed by atoms with van der Waals surface area (Å²) < 4.78 is 5.07. The maximum absolute atomic E-state index is 5.95. The van der Waals surface area contributed by atoms with E-state index in [4.69, 9.17) is 27.6 Å². The number of hydrogen-bond acceptors (Lipinski definition) is 4. The first kappa shape index (κ1) is 10.8. The van der Waals surface area contributed by atoms with Crippen LogP contribution in [0, 0.1) is 0 Å². The highest BCUT2D eigenvalue weighted by atomic mass is 35.5. The molecule has 0 saturated carbocycles. The molecule has 0 bridgehead atoms. The Morgan fingerprint density at radius 2 is 2.20 bits per heavy atom. The molecule has 0 aliphatic carbocycles. The Morgan fingerprint density at radius 3 is 2.93 bits per heavy atom. The largest absolute Gasteiger partial charge is 0.440 e. The van der Waals surface area contributed by atoms with Crippen LogP contribution in [0.2, 0.25) is 10.2 Å². The van der Waals surface area contributed by atoms with Gasteiger partial charge in [0.1, 0.15) is 11.4 Å². The summed E-state index contributed by atoms with van der Waals surface area (Å²) in [6, 6.07) is 3.38. The van der Waals surface area contributed by atoms with Crippen molar-refractivity contribution in [3.05, 3.63) is 40.5 Å². The van der Waals surface area contributed by atoms with E-state index in [0.717, 1.165) is 5.69 Å². The molecule has 0 aromatic carbocycles. The predicted molar refractivity (Wildman–Crippen MR) is 60.3 cm³/mol. The Balaban J connectivity index is 2.07. The first-order valence-corrected chi connectivity index (χ1v) is 5.83. The molecule has 2 heterocycles. The Kier molecular flexibility index (Phi) is 3.51. The van der Waals surface area contributed by atoms with Crippen LogP contribution in [0.3, 0.4) is 0 Å². The monoisotopic (exact) mass is 260 g/mol. The third-order valence-electron chi connectivity index (χ3n) is 1.63. The molecule has 0 radical (unpaired) electrons. The Morgan fingerprint density at radius 1 is 1.33 bits per heavy atom. The zero-order chi connectivity index (χ0) is 10.7. The lowest BCUT2D eigenvalue weighted by molar-refractivity contribution is 0.454. The van der Waals surface area contributed by atoms with Crippen LogP contribution >= 0.6 is 35.0 Å². The van der Waals surface area contributed by atoms with Crippen molar-refractivity contribution in [1.82, 2.24) is 9.97 Å². The number of aromatic nitrogens is 2. The predicted octanol–water partition coefficient (Wildman–Crippen LogP) is 3.67. The third kappa shape index (κ3) is 2.87. The normalized spacial score (nSPS) is 10.5. The van der Waals surface area contributed by atoms with Crippen molar-refractivity contribution < 1.29 is 4.42 Å². The molecule has 15 heavy (non-hydrogen) atoms. The van der Waals surface area contributed by atoms with E-state index in [1.807, 2.05) is 0 Å². The van der Waals surface area contributed by atoms with E-state index in [1.165, 1.54) is 18.0 Å². The first-order chi connectivity index (χ1) is 7.25. The molecule has 0 N–H and O–H groups in total. The van der Waals surface area contributed by atoms with Gasteiger partial charge in [-0.1, -0.05) is 35.0 Å². The number of nitrogens with zero attached hydrogens (tertiary/aromatic N) is 2. The summed E-state index contributed by atoms with van der Waals surface area (Å²) >= 11 is 13.1. The molecule has 0 amide bonds. The second-order valence-corrected chi connectivity index (χ2v) is 4.37. The lowest BCUT2D eigenvalue weighted by atomic mass is 10.4. The summed E-state index contributed by atoms with van der Waals surface area (Å²) in [5.41, 5.74) is 0.729. The number of hydrogen-bond donors (Lipinski definition) is 0. The van der Waals surface area contributed by atoms with Gasteiger partial charge in [-0.25, -0.2) is 9.97 Å². The summed E-state index contributed by atoms with van der Waals surface area (Å²) in [6.45, 7) is 0. The lowest BCUT2D eigenvalue weighted by Gasteiger charge is -2.01. The van der Waals surface area contributed by atoms with Crippen LogP contribution in [0.25, 0.3) is 0 Å². The van der Waals surface area contributed by atoms with E-state index in [9.17, 15) is 0 Å². The van der Waals surface area contributed by atoms with Gasteiger partial charge >= 0.3 is 0 Å². The number of pyridine rings is 1. The molecule has 0 saturated heterocycles. The van der Waals surface area contributed by atoms with Gasteiger partial charge in [-0.3, -0.25) is 0 Å². The van der Waals surface area contributed by atoms with Gasteiger partial charge in [0.2, 0.25) is 0 Å². The van der Waals surface area contributed by atoms with Crippen LogP contribution in [0.1, 0.15) is 5.69 Å². The molecule has 0 unspecified atom stereocenters. The Labute approximate surface area is 101 Å². The summed E-state index contributed by atoms with van der Waals surface area (Å²) in [6.07, 6.45) is 3.12. The maximum atomic E-state index is 5.95. The molecular weight excluding hydrogens is 255 g/mol. The fraction of sp³-hybridized carbons (Fsp3) is 0.111. The van der Waals surface area contributed by atoms with Crippen molar-refractivity contribution in [1.29, 1.82) is 0 Å². The second-order valence-electron chi connectivity index (χ2n) is 2.65. The topological polar surface area (TPSA) is 38.9 Å². The Bertz CT molecular complexity index is 447. The molecule has 6 heteroatoms. The minimum atomic E-state index is 0.433. The van der Waals surface area contributed by atoms with Crippen LogP contribution in [-0.4, -0.2) is 9.97 Å².